The number of halogens is 1. The monoisotopic (exact) mass is 575 g/mol. The fraction of sp³-hybridized carbons (Fsp3) is 0.296. The van der Waals surface area contributed by atoms with Gasteiger partial charge in [-0.05, 0) is 73.5 Å². The Hall–Kier alpha value is -3.48. The number of ether oxygens (including phenoxy) is 1. The standard InChI is InChI=1S/C27H30FN3O6S2/c28-22-9-11-23(12-10-22)31(39(35,36)25-7-3-1-4-8-25)21-27(32)29-17-20-37-24-13-15-26(16-14-24)38(33,34)30-18-5-2-6-19-30/h1,3-4,7-16H,2,5-6,17-21H2,(H,29,32). The number of amides is 1. The normalized spacial score (nSPS) is 14.5. The lowest BCUT2D eigenvalue weighted by atomic mass is 10.2. The highest BCUT2D eigenvalue weighted by molar-refractivity contribution is 7.92. The van der Waals surface area contributed by atoms with Crippen LogP contribution in [0.25, 0.3) is 0 Å². The van der Waals surface area contributed by atoms with Crippen LogP contribution >= 0.6 is 0 Å². The molecular weight excluding hydrogens is 545 g/mol. The van der Waals surface area contributed by atoms with Crippen LogP contribution in [0.4, 0.5) is 10.1 Å². The Morgan fingerprint density at radius 2 is 1.49 bits per heavy atom. The summed E-state index contributed by atoms with van der Waals surface area (Å²) in [6.07, 6.45) is 2.74. The largest absolute Gasteiger partial charge is 0.492 e. The molecule has 0 saturated carbocycles. The first kappa shape index (κ1) is 28.5. The van der Waals surface area contributed by atoms with Gasteiger partial charge in [0.2, 0.25) is 15.9 Å². The first-order valence-corrected chi connectivity index (χ1v) is 15.4. The molecular formula is C27H30FN3O6S2. The van der Waals surface area contributed by atoms with Crippen LogP contribution in [0.5, 0.6) is 5.75 Å². The van der Waals surface area contributed by atoms with Crippen LogP contribution in [-0.2, 0) is 24.8 Å². The number of carbonyl (C=O) groups is 1. The summed E-state index contributed by atoms with van der Waals surface area (Å²) < 4.78 is 73.5. The molecule has 1 aliphatic rings. The van der Waals surface area contributed by atoms with Gasteiger partial charge in [-0.15, -0.1) is 0 Å². The number of rotatable bonds is 11. The van der Waals surface area contributed by atoms with Gasteiger partial charge in [-0.25, -0.2) is 21.2 Å². The van der Waals surface area contributed by atoms with E-state index in [-0.39, 0.29) is 28.6 Å². The van der Waals surface area contributed by atoms with Gasteiger partial charge >= 0.3 is 0 Å². The molecule has 39 heavy (non-hydrogen) atoms. The third-order valence-corrected chi connectivity index (χ3v) is 9.90. The number of benzene rings is 3. The Labute approximate surface area is 228 Å². The Bertz CT molecular complexity index is 1460. The number of hydrogen-bond donors (Lipinski definition) is 1. The molecule has 1 amide bonds. The molecule has 1 N–H and O–H groups in total. The number of sulfonamides is 2. The van der Waals surface area contributed by atoms with Gasteiger partial charge in [-0.1, -0.05) is 24.6 Å². The summed E-state index contributed by atoms with van der Waals surface area (Å²) in [5, 5.41) is 2.62. The number of anilines is 1. The van der Waals surface area contributed by atoms with Crippen molar-refractivity contribution in [2.24, 2.45) is 0 Å². The molecule has 0 aliphatic carbocycles. The van der Waals surface area contributed by atoms with Crippen LogP contribution in [0.15, 0.2) is 88.7 Å². The van der Waals surface area contributed by atoms with E-state index in [0.717, 1.165) is 35.7 Å². The molecule has 12 heteroatoms. The van der Waals surface area contributed by atoms with E-state index in [1.54, 1.807) is 30.3 Å². The van der Waals surface area contributed by atoms with Crippen molar-refractivity contribution < 1.29 is 30.8 Å². The quantitative estimate of drug-likeness (QED) is 0.351. The minimum absolute atomic E-state index is 0.00351. The van der Waals surface area contributed by atoms with Crippen molar-refractivity contribution in [1.29, 1.82) is 0 Å². The Morgan fingerprint density at radius 1 is 0.846 bits per heavy atom. The van der Waals surface area contributed by atoms with Gasteiger partial charge in [0.25, 0.3) is 10.0 Å². The first-order valence-electron chi connectivity index (χ1n) is 12.5. The van der Waals surface area contributed by atoms with Crippen molar-refractivity contribution in [2.75, 3.05) is 37.1 Å². The van der Waals surface area contributed by atoms with Crippen molar-refractivity contribution in [2.45, 2.75) is 29.1 Å². The fourth-order valence-electron chi connectivity index (χ4n) is 4.15. The van der Waals surface area contributed by atoms with Gasteiger partial charge in [0, 0.05) is 13.1 Å². The van der Waals surface area contributed by atoms with Gasteiger partial charge in [0.1, 0.15) is 24.7 Å². The maximum Gasteiger partial charge on any atom is 0.264 e. The smallest absolute Gasteiger partial charge is 0.264 e. The third kappa shape index (κ3) is 7.14. The highest BCUT2D eigenvalue weighted by Gasteiger charge is 2.27. The van der Waals surface area contributed by atoms with Gasteiger partial charge < -0.3 is 10.1 Å². The van der Waals surface area contributed by atoms with Crippen molar-refractivity contribution >= 4 is 31.6 Å². The summed E-state index contributed by atoms with van der Waals surface area (Å²) in [7, 11) is -7.63. The van der Waals surface area contributed by atoms with E-state index in [4.69, 9.17) is 4.74 Å². The number of nitrogens with one attached hydrogen (secondary N) is 1. The topological polar surface area (TPSA) is 113 Å². The second kappa shape index (κ2) is 12.6. The van der Waals surface area contributed by atoms with Crippen LogP contribution in [0, 0.1) is 5.82 Å². The van der Waals surface area contributed by atoms with E-state index in [1.807, 2.05) is 0 Å². The molecule has 0 spiro atoms. The van der Waals surface area contributed by atoms with Gasteiger partial charge in [0.05, 0.1) is 22.0 Å². The zero-order valence-corrected chi connectivity index (χ0v) is 22.8. The van der Waals surface area contributed by atoms with Gasteiger partial charge in [0.15, 0.2) is 0 Å². The molecule has 0 radical (unpaired) electrons. The Morgan fingerprint density at radius 3 is 2.13 bits per heavy atom. The van der Waals surface area contributed by atoms with Crippen LogP contribution in [0.1, 0.15) is 19.3 Å². The van der Waals surface area contributed by atoms with Crippen molar-refractivity contribution in [3.05, 3.63) is 84.7 Å². The van der Waals surface area contributed by atoms with Crippen LogP contribution in [0.3, 0.4) is 0 Å². The summed E-state index contributed by atoms with van der Waals surface area (Å²) in [6.45, 7) is 0.671. The Balaban J connectivity index is 1.33. The van der Waals surface area contributed by atoms with E-state index >= 15 is 0 Å². The van der Waals surface area contributed by atoms with Crippen molar-refractivity contribution in [3.8, 4) is 5.75 Å². The van der Waals surface area contributed by atoms with E-state index in [2.05, 4.69) is 5.32 Å². The predicted molar refractivity (Wildman–Crippen MR) is 145 cm³/mol. The molecule has 1 aliphatic heterocycles. The SMILES string of the molecule is O=C(CN(c1ccc(F)cc1)S(=O)(=O)c1ccccc1)NCCOc1ccc(S(=O)(=O)N2CCCCC2)cc1. The average molecular weight is 576 g/mol. The second-order valence-electron chi connectivity index (χ2n) is 8.94. The molecule has 0 unspecified atom stereocenters. The number of hydrogen-bond acceptors (Lipinski definition) is 6. The molecule has 3 aromatic rings. The number of piperidine rings is 1. The molecule has 208 valence electrons. The minimum Gasteiger partial charge on any atom is -0.492 e. The first-order chi connectivity index (χ1) is 18.7. The summed E-state index contributed by atoms with van der Waals surface area (Å²) in [6, 6.07) is 18.6. The molecule has 3 aromatic carbocycles. The third-order valence-electron chi connectivity index (χ3n) is 6.20. The minimum atomic E-state index is -4.09. The molecule has 1 saturated heterocycles. The van der Waals surface area contributed by atoms with Gasteiger partial charge in [-0.3, -0.25) is 9.10 Å². The van der Waals surface area contributed by atoms with E-state index in [0.29, 0.717) is 18.8 Å². The molecule has 0 aromatic heterocycles. The highest BCUT2D eigenvalue weighted by atomic mass is 32.2. The van der Waals surface area contributed by atoms with Crippen molar-refractivity contribution in [3.63, 3.8) is 0 Å². The second-order valence-corrected chi connectivity index (χ2v) is 12.7. The van der Waals surface area contributed by atoms with Crippen LogP contribution in [0.2, 0.25) is 0 Å². The lowest BCUT2D eigenvalue weighted by Gasteiger charge is -2.25. The lowest BCUT2D eigenvalue weighted by Crippen LogP contribution is -2.41. The number of nitrogens with zero attached hydrogens (tertiary/aromatic N) is 2. The zero-order chi connectivity index (χ0) is 27.9. The van der Waals surface area contributed by atoms with Crippen LogP contribution < -0.4 is 14.4 Å². The van der Waals surface area contributed by atoms with E-state index in [1.165, 1.54) is 40.7 Å². The van der Waals surface area contributed by atoms with Crippen LogP contribution in [-0.4, -0.2) is 59.8 Å². The van der Waals surface area contributed by atoms with E-state index in [9.17, 15) is 26.0 Å². The maximum absolute atomic E-state index is 13.5. The van der Waals surface area contributed by atoms with E-state index < -0.39 is 38.3 Å². The maximum atomic E-state index is 13.5. The summed E-state index contributed by atoms with van der Waals surface area (Å²) in [5.74, 6) is -0.679. The zero-order valence-electron chi connectivity index (χ0n) is 21.2. The molecule has 0 atom stereocenters. The average Bonchev–Trinajstić information content (AvgIpc) is 2.96. The highest BCUT2D eigenvalue weighted by Crippen LogP contribution is 2.24. The van der Waals surface area contributed by atoms with Gasteiger partial charge in [-0.2, -0.15) is 4.31 Å². The lowest BCUT2D eigenvalue weighted by molar-refractivity contribution is -0.119. The Kier molecular flexibility index (Phi) is 9.20. The summed E-state index contributed by atoms with van der Waals surface area (Å²) >= 11 is 0. The summed E-state index contributed by atoms with van der Waals surface area (Å²) in [5.41, 5.74) is 0.145. The van der Waals surface area contributed by atoms with Crippen molar-refractivity contribution in [1.82, 2.24) is 9.62 Å². The fourth-order valence-corrected chi connectivity index (χ4v) is 7.11. The molecule has 1 heterocycles. The molecule has 9 nitrogen and oxygen atoms in total. The molecule has 4 rings (SSSR count). The predicted octanol–water partition coefficient (Wildman–Crippen LogP) is 3.39. The molecule has 0 bridgehead atoms. The molecule has 1 fully saturated rings. The number of carbonyl (C=O) groups excluding carboxylic acids is 1. The summed E-state index contributed by atoms with van der Waals surface area (Å²) in [4.78, 5) is 12.9.